The van der Waals surface area contributed by atoms with Crippen molar-refractivity contribution in [1.82, 2.24) is 4.90 Å². The Morgan fingerprint density at radius 3 is 2.24 bits per heavy atom. The average Bonchev–Trinajstić information content (AvgIpc) is 2.65. The summed E-state index contributed by atoms with van der Waals surface area (Å²) in [7, 11) is 0. The zero-order chi connectivity index (χ0) is 21.4. The summed E-state index contributed by atoms with van der Waals surface area (Å²) in [5, 5.41) is 2.95. The minimum Gasteiger partial charge on any atom is -0.368 e. The molecular formula is C24H39N3O2. The second kappa shape index (κ2) is 10.7. The zero-order valence-corrected chi connectivity index (χ0v) is 19.0. The number of carbonyl (C=O) groups is 2. The third-order valence-electron chi connectivity index (χ3n) is 5.39. The molecule has 1 saturated heterocycles. The van der Waals surface area contributed by atoms with Gasteiger partial charge in [-0.2, -0.15) is 0 Å². The first-order valence-corrected chi connectivity index (χ1v) is 11.1. The van der Waals surface area contributed by atoms with Gasteiger partial charge in [0.1, 0.15) is 0 Å². The lowest BCUT2D eigenvalue weighted by Crippen LogP contribution is -2.49. The SMILES string of the molecule is CCCCC(=O)Nc1ccc(N2CCN(C(=O)C[C@H](C)CC(C)(C)C)CC2)cc1. The molecule has 1 heterocycles. The molecule has 5 heteroatoms. The summed E-state index contributed by atoms with van der Waals surface area (Å²) in [6, 6.07) is 8.03. The third-order valence-corrected chi connectivity index (χ3v) is 5.39. The van der Waals surface area contributed by atoms with E-state index < -0.39 is 0 Å². The van der Waals surface area contributed by atoms with Crippen LogP contribution in [0.4, 0.5) is 11.4 Å². The van der Waals surface area contributed by atoms with E-state index in [1.807, 2.05) is 17.0 Å². The number of rotatable bonds is 8. The monoisotopic (exact) mass is 401 g/mol. The molecule has 5 nitrogen and oxygen atoms in total. The first kappa shape index (κ1) is 23.2. The second-order valence-corrected chi connectivity index (χ2v) is 9.64. The standard InChI is InChI=1S/C24H39N3O2/c1-6-7-8-22(28)25-20-9-11-21(12-10-20)26-13-15-27(16-14-26)23(29)17-19(2)18-24(3,4)5/h9-12,19H,6-8,13-18H2,1-5H3,(H,25,28)/t19-/m0/s1. The van der Waals surface area contributed by atoms with Gasteiger partial charge in [-0.3, -0.25) is 9.59 Å². The lowest BCUT2D eigenvalue weighted by molar-refractivity contribution is -0.132. The van der Waals surface area contributed by atoms with Crippen LogP contribution in [0.5, 0.6) is 0 Å². The molecule has 1 aromatic rings. The van der Waals surface area contributed by atoms with Crippen LogP contribution in [0.3, 0.4) is 0 Å². The van der Waals surface area contributed by atoms with E-state index in [-0.39, 0.29) is 17.2 Å². The molecule has 1 aliphatic heterocycles. The number of carbonyl (C=O) groups excluding carboxylic acids is 2. The highest BCUT2D eigenvalue weighted by molar-refractivity contribution is 5.90. The molecule has 2 rings (SSSR count). The van der Waals surface area contributed by atoms with Crippen molar-refractivity contribution < 1.29 is 9.59 Å². The Morgan fingerprint density at radius 2 is 1.69 bits per heavy atom. The minimum atomic E-state index is 0.0763. The van der Waals surface area contributed by atoms with Gasteiger partial charge in [-0.1, -0.05) is 41.0 Å². The summed E-state index contributed by atoms with van der Waals surface area (Å²) in [6.07, 6.45) is 4.23. The molecule has 2 amide bonds. The first-order chi connectivity index (χ1) is 13.7. The normalized spacial score (nSPS) is 15.9. The number of piperazine rings is 1. The number of nitrogens with zero attached hydrogens (tertiary/aromatic N) is 2. The molecule has 1 aliphatic rings. The molecular weight excluding hydrogens is 362 g/mol. The van der Waals surface area contributed by atoms with E-state index in [2.05, 4.69) is 57.0 Å². The topological polar surface area (TPSA) is 52.7 Å². The molecule has 0 bridgehead atoms. The first-order valence-electron chi connectivity index (χ1n) is 11.1. The van der Waals surface area contributed by atoms with Gasteiger partial charge in [0.15, 0.2) is 0 Å². The molecule has 0 aromatic heterocycles. The van der Waals surface area contributed by atoms with E-state index in [1.54, 1.807) is 0 Å². The molecule has 29 heavy (non-hydrogen) atoms. The van der Waals surface area contributed by atoms with Crippen LogP contribution in [0.15, 0.2) is 24.3 Å². The maximum atomic E-state index is 12.6. The van der Waals surface area contributed by atoms with Gasteiger partial charge in [0.2, 0.25) is 11.8 Å². The number of hydrogen-bond donors (Lipinski definition) is 1. The van der Waals surface area contributed by atoms with Crippen molar-refractivity contribution in [3.63, 3.8) is 0 Å². The van der Waals surface area contributed by atoms with Gasteiger partial charge in [0.05, 0.1) is 0 Å². The summed E-state index contributed by atoms with van der Waals surface area (Å²) in [5.41, 5.74) is 2.25. The highest BCUT2D eigenvalue weighted by Gasteiger charge is 2.24. The second-order valence-electron chi connectivity index (χ2n) is 9.64. The van der Waals surface area contributed by atoms with Crippen molar-refractivity contribution in [1.29, 1.82) is 0 Å². The van der Waals surface area contributed by atoms with Gasteiger partial charge in [0.25, 0.3) is 0 Å². The number of anilines is 2. The highest BCUT2D eigenvalue weighted by Crippen LogP contribution is 2.27. The molecule has 1 aromatic carbocycles. The highest BCUT2D eigenvalue weighted by atomic mass is 16.2. The Kier molecular flexibility index (Phi) is 8.54. The van der Waals surface area contributed by atoms with Gasteiger partial charge in [0, 0.05) is 50.4 Å². The van der Waals surface area contributed by atoms with E-state index >= 15 is 0 Å². The van der Waals surface area contributed by atoms with E-state index in [0.29, 0.717) is 18.8 Å². The molecule has 1 fully saturated rings. The lowest BCUT2D eigenvalue weighted by Gasteiger charge is -2.37. The van der Waals surface area contributed by atoms with E-state index in [0.717, 1.165) is 56.8 Å². The molecule has 0 spiro atoms. The number of benzene rings is 1. The fourth-order valence-corrected chi connectivity index (χ4v) is 4.08. The fourth-order valence-electron chi connectivity index (χ4n) is 4.08. The maximum absolute atomic E-state index is 12.6. The van der Waals surface area contributed by atoms with Crippen molar-refractivity contribution in [3.8, 4) is 0 Å². The average molecular weight is 402 g/mol. The van der Waals surface area contributed by atoms with E-state index in [9.17, 15) is 9.59 Å². The Morgan fingerprint density at radius 1 is 1.07 bits per heavy atom. The van der Waals surface area contributed by atoms with Crippen LogP contribution in [-0.2, 0) is 9.59 Å². The van der Waals surface area contributed by atoms with Crippen LogP contribution in [0, 0.1) is 11.3 Å². The predicted octanol–water partition coefficient (Wildman–Crippen LogP) is 4.93. The van der Waals surface area contributed by atoms with Crippen molar-refractivity contribution in [2.45, 2.75) is 66.7 Å². The molecule has 162 valence electrons. The smallest absolute Gasteiger partial charge is 0.224 e. The van der Waals surface area contributed by atoms with Crippen molar-refractivity contribution >= 4 is 23.2 Å². The van der Waals surface area contributed by atoms with E-state index in [4.69, 9.17) is 0 Å². The minimum absolute atomic E-state index is 0.0763. The Hall–Kier alpha value is -2.04. The molecule has 1 N–H and O–H groups in total. The van der Waals surface area contributed by atoms with Crippen LogP contribution in [0.2, 0.25) is 0 Å². The van der Waals surface area contributed by atoms with Crippen LogP contribution >= 0.6 is 0 Å². The van der Waals surface area contributed by atoms with Gasteiger partial charge in [-0.15, -0.1) is 0 Å². The number of unbranched alkanes of at least 4 members (excludes halogenated alkanes) is 1. The summed E-state index contributed by atoms with van der Waals surface area (Å²) in [6.45, 7) is 14.2. The Labute approximate surface area is 176 Å². The van der Waals surface area contributed by atoms with Crippen molar-refractivity contribution in [3.05, 3.63) is 24.3 Å². The Bertz CT molecular complexity index is 656. The molecule has 0 unspecified atom stereocenters. The molecule has 0 saturated carbocycles. The van der Waals surface area contributed by atoms with Crippen LogP contribution in [0.25, 0.3) is 0 Å². The van der Waals surface area contributed by atoms with Crippen molar-refractivity contribution in [2.24, 2.45) is 11.3 Å². The Balaban J connectivity index is 1.80. The molecule has 0 radical (unpaired) electrons. The number of hydrogen-bond acceptors (Lipinski definition) is 3. The molecule has 1 atom stereocenters. The fraction of sp³-hybridized carbons (Fsp3) is 0.667. The number of amides is 2. The van der Waals surface area contributed by atoms with Gasteiger partial charge in [-0.05, 0) is 48.4 Å². The number of nitrogens with one attached hydrogen (secondary N) is 1. The summed E-state index contributed by atoms with van der Waals surface area (Å²) in [4.78, 5) is 28.8. The largest absolute Gasteiger partial charge is 0.368 e. The lowest BCUT2D eigenvalue weighted by atomic mass is 9.84. The molecule has 0 aliphatic carbocycles. The van der Waals surface area contributed by atoms with Crippen LogP contribution in [-0.4, -0.2) is 42.9 Å². The zero-order valence-electron chi connectivity index (χ0n) is 19.0. The maximum Gasteiger partial charge on any atom is 0.224 e. The summed E-state index contributed by atoms with van der Waals surface area (Å²) >= 11 is 0. The van der Waals surface area contributed by atoms with Crippen LogP contribution < -0.4 is 10.2 Å². The summed E-state index contributed by atoms with van der Waals surface area (Å²) in [5.74, 6) is 0.777. The predicted molar refractivity (Wildman–Crippen MR) is 121 cm³/mol. The van der Waals surface area contributed by atoms with Crippen molar-refractivity contribution in [2.75, 3.05) is 36.4 Å². The quantitative estimate of drug-likeness (QED) is 0.672. The summed E-state index contributed by atoms with van der Waals surface area (Å²) < 4.78 is 0. The van der Waals surface area contributed by atoms with Gasteiger partial charge >= 0.3 is 0 Å². The van der Waals surface area contributed by atoms with Crippen LogP contribution in [0.1, 0.15) is 66.7 Å². The van der Waals surface area contributed by atoms with Gasteiger partial charge < -0.3 is 15.1 Å². The van der Waals surface area contributed by atoms with Gasteiger partial charge in [-0.25, -0.2) is 0 Å². The third kappa shape index (κ3) is 8.08. The van der Waals surface area contributed by atoms with E-state index in [1.165, 1.54) is 0 Å².